The molecule has 2 aromatic rings. The molecule has 2 N–H and O–H groups in total. The van der Waals surface area contributed by atoms with Gasteiger partial charge < -0.3 is 25.0 Å². The third-order valence-electron chi connectivity index (χ3n) is 7.48. The van der Waals surface area contributed by atoms with Gasteiger partial charge in [0.1, 0.15) is 17.9 Å². The molecular formula is C27H30ClFN6O5S. The molecule has 1 aromatic heterocycles. The largest absolute Gasteiger partial charge is 0.480 e. The van der Waals surface area contributed by atoms with Crippen molar-refractivity contribution in [2.45, 2.75) is 44.4 Å². The van der Waals surface area contributed by atoms with Crippen molar-refractivity contribution >= 4 is 46.7 Å². The summed E-state index contributed by atoms with van der Waals surface area (Å²) in [4.78, 5) is 53.2. The topological polar surface area (TPSA) is 128 Å². The molecule has 3 atom stereocenters. The Hall–Kier alpha value is -3.55. The molecule has 2 saturated heterocycles. The third kappa shape index (κ3) is 5.41. The van der Waals surface area contributed by atoms with Gasteiger partial charge in [-0.05, 0) is 32.9 Å². The average molecular weight is 605 g/mol. The lowest BCUT2D eigenvalue weighted by atomic mass is 9.94. The number of thiazole rings is 1. The zero-order valence-corrected chi connectivity index (χ0v) is 24.5. The predicted molar refractivity (Wildman–Crippen MR) is 150 cm³/mol. The molecule has 14 heteroatoms. The van der Waals surface area contributed by atoms with Gasteiger partial charge in [0.05, 0.1) is 18.7 Å². The van der Waals surface area contributed by atoms with Crippen molar-refractivity contribution in [1.82, 2.24) is 25.0 Å². The lowest BCUT2D eigenvalue weighted by Crippen LogP contribution is -2.62. The highest BCUT2D eigenvalue weighted by Crippen LogP contribution is 2.38. The Morgan fingerprint density at radius 3 is 2.66 bits per heavy atom. The summed E-state index contributed by atoms with van der Waals surface area (Å²) in [6.07, 6.45) is 1.61. The van der Waals surface area contributed by atoms with E-state index in [1.165, 1.54) is 30.6 Å². The molecule has 5 rings (SSSR count). The second-order valence-corrected chi connectivity index (χ2v) is 12.3. The summed E-state index contributed by atoms with van der Waals surface area (Å²) >= 11 is 7.75. The van der Waals surface area contributed by atoms with Crippen molar-refractivity contribution in [2.24, 2.45) is 4.99 Å². The van der Waals surface area contributed by atoms with Gasteiger partial charge in [-0.1, -0.05) is 17.7 Å². The molecular weight excluding hydrogens is 575 g/mol. The highest BCUT2D eigenvalue weighted by atomic mass is 35.5. The number of rotatable bonds is 6. The predicted octanol–water partition coefficient (Wildman–Crippen LogP) is 3.13. The van der Waals surface area contributed by atoms with Gasteiger partial charge in [0.2, 0.25) is 0 Å². The number of benzene rings is 1. The second kappa shape index (κ2) is 11.0. The van der Waals surface area contributed by atoms with E-state index in [-0.39, 0.29) is 36.3 Å². The number of ether oxygens (including phenoxy) is 1. The molecule has 2 amide bonds. The number of methoxy groups -OCH3 is 1. The number of nitrogens with one attached hydrogen (secondary N) is 1. The van der Waals surface area contributed by atoms with Gasteiger partial charge in [-0.3, -0.25) is 14.7 Å². The molecule has 2 fully saturated rings. The lowest BCUT2D eigenvalue weighted by Gasteiger charge is -2.42. The number of carbonyl (C=O) groups is 3. The average Bonchev–Trinajstić information content (AvgIpc) is 3.56. The Labute approximate surface area is 245 Å². The maximum Gasteiger partial charge on any atom is 0.338 e. The van der Waals surface area contributed by atoms with Crippen LogP contribution in [0.5, 0.6) is 0 Å². The summed E-state index contributed by atoms with van der Waals surface area (Å²) in [7, 11) is 1.24. The van der Waals surface area contributed by atoms with Crippen molar-refractivity contribution in [2.75, 3.05) is 33.3 Å². The van der Waals surface area contributed by atoms with E-state index in [9.17, 15) is 23.9 Å². The van der Waals surface area contributed by atoms with E-state index in [0.29, 0.717) is 28.6 Å². The number of amides is 2. The first-order valence-electron chi connectivity index (χ1n) is 13.0. The van der Waals surface area contributed by atoms with E-state index >= 15 is 0 Å². The Balaban J connectivity index is 1.57. The number of carboxylic acid groups (broad SMARTS) is 1. The number of halogens is 2. The molecule has 3 aliphatic rings. The van der Waals surface area contributed by atoms with Crippen molar-refractivity contribution in [1.29, 1.82) is 0 Å². The quantitative estimate of drug-likeness (QED) is 0.482. The number of fused-ring (bicyclic) bond motifs is 1. The Kier molecular flexibility index (Phi) is 7.79. The van der Waals surface area contributed by atoms with Gasteiger partial charge in [-0.25, -0.2) is 19.0 Å². The Bertz CT molecular complexity index is 1440. The van der Waals surface area contributed by atoms with Gasteiger partial charge in [-0.15, -0.1) is 11.3 Å². The van der Waals surface area contributed by atoms with Gasteiger partial charge in [0.25, 0.3) is 0 Å². The summed E-state index contributed by atoms with van der Waals surface area (Å²) in [5, 5.41) is 15.9. The van der Waals surface area contributed by atoms with Crippen LogP contribution in [0, 0.1) is 5.82 Å². The molecule has 1 aromatic carbocycles. The van der Waals surface area contributed by atoms with Crippen LogP contribution in [0.2, 0.25) is 5.02 Å². The zero-order valence-electron chi connectivity index (χ0n) is 22.9. The van der Waals surface area contributed by atoms with E-state index < -0.39 is 41.4 Å². The van der Waals surface area contributed by atoms with Crippen LogP contribution in [0.4, 0.5) is 9.18 Å². The molecule has 0 aliphatic carbocycles. The van der Waals surface area contributed by atoms with Crippen LogP contribution in [0.3, 0.4) is 0 Å². The maximum absolute atomic E-state index is 13.9. The number of amidine groups is 1. The van der Waals surface area contributed by atoms with Crippen LogP contribution < -0.4 is 5.32 Å². The fourth-order valence-corrected chi connectivity index (χ4v) is 6.40. The number of hydrogen-bond donors (Lipinski definition) is 2. The highest BCUT2D eigenvalue weighted by Gasteiger charge is 2.52. The van der Waals surface area contributed by atoms with E-state index in [1.54, 1.807) is 26.3 Å². The number of esters is 1. The van der Waals surface area contributed by atoms with Gasteiger partial charge in [-0.2, -0.15) is 0 Å². The minimum absolute atomic E-state index is 0.00908. The minimum atomic E-state index is -1.08. The first kappa shape index (κ1) is 29.0. The van der Waals surface area contributed by atoms with Crippen LogP contribution >= 0.6 is 22.9 Å². The van der Waals surface area contributed by atoms with Gasteiger partial charge in [0.15, 0.2) is 10.8 Å². The van der Waals surface area contributed by atoms with Crippen LogP contribution in [0.25, 0.3) is 0 Å². The minimum Gasteiger partial charge on any atom is -0.480 e. The molecule has 0 radical (unpaired) electrons. The number of carboxylic acids is 1. The first-order chi connectivity index (χ1) is 19.4. The number of aliphatic carboxylic acids is 1. The number of piperazine rings is 1. The zero-order chi connectivity index (χ0) is 29.6. The lowest BCUT2D eigenvalue weighted by molar-refractivity contribution is -0.147. The Morgan fingerprint density at radius 2 is 2.05 bits per heavy atom. The van der Waals surface area contributed by atoms with Crippen molar-refractivity contribution in [3.8, 4) is 0 Å². The van der Waals surface area contributed by atoms with Crippen LogP contribution in [-0.4, -0.2) is 99.5 Å². The number of nitrogens with zero attached hydrogens (tertiary/aromatic N) is 5. The number of aromatic nitrogens is 1. The van der Waals surface area contributed by atoms with Gasteiger partial charge in [0, 0.05) is 59.6 Å². The SMILES string of the molecule is COC(=O)C1=C(CN2CCN3C(=O)N(C(C)(C)C)C[C@H]3[C@@H]2C(=O)O)NC(c2nccs2)=N[C@H]1c1ccc(F)cc1Cl. The smallest absolute Gasteiger partial charge is 0.338 e. The molecule has 11 nitrogen and oxygen atoms in total. The summed E-state index contributed by atoms with van der Waals surface area (Å²) in [6, 6.07) is 1.04. The monoisotopic (exact) mass is 604 g/mol. The van der Waals surface area contributed by atoms with E-state index in [4.69, 9.17) is 21.3 Å². The number of carbonyl (C=O) groups excluding carboxylic acids is 2. The Morgan fingerprint density at radius 1 is 1.29 bits per heavy atom. The number of urea groups is 1. The van der Waals surface area contributed by atoms with Crippen molar-refractivity contribution in [3.63, 3.8) is 0 Å². The molecule has 4 heterocycles. The molecule has 0 saturated carbocycles. The molecule has 0 unspecified atom stereocenters. The molecule has 0 spiro atoms. The van der Waals surface area contributed by atoms with E-state index in [0.717, 1.165) is 6.07 Å². The first-order valence-corrected chi connectivity index (χ1v) is 14.2. The summed E-state index contributed by atoms with van der Waals surface area (Å²) in [5.74, 6) is -1.96. The molecule has 0 bridgehead atoms. The summed E-state index contributed by atoms with van der Waals surface area (Å²) in [6.45, 7) is 6.58. The maximum atomic E-state index is 13.9. The summed E-state index contributed by atoms with van der Waals surface area (Å²) in [5.41, 5.74) is 0.378. The molecule has 3 aliphatic heterocycles. The third-order valence-corrected chi connectivity index (χ3v) is 8.59. The van der Waals surface area contributed by atoms with E-state index in [2.05, 4.69) is 10.3 Å². The second-order valence-electron chi connectivity index (χ2n) is 11.0. The van der Waals surface area contributed by atoms with Crippen LogP contribution in [-0.2, 0) is 14.3 Å². The highest BCUT2D eigenvalue weighted by molar-refractivity contribution is 7.11. The number of hydrogen-bond acceptors (Lipinski definition) is 9. The molecule has 41 heavy (non-hydrogen) atoms. The molecule has 218 valence electrons. The van der Waals surface area contributed by atoms with Gasteiger partial charge >= 0.3 is 18.0 Å². The van der Waals surface area contributed by atoms with Crippen molar-refractivity contribution < 1.29 is 28.6 Å². The standard InChI is InChI=1S/C27H30ClFN6O5S/c1-27(2,3)35-13-18-21(24(36)37)33(8-9-34(18)26(35)39)12-17-19(25(38)40-4)20(15-6-5-14(29)11-16(15)28)32-22(31-17)23-30-7-10-41-23/h5-7,10-11,18,20-21H,8-9,12-13H2,1-4H3,(H,31,32)(H,36,37)/t18-,20-,21+/m0/s1. The summed E-state index contributed by atoms with van der Waals surface area (Å²) < 4.78 is 19.1. The van der Waals surface area contributed by atoms with Crippen molar-refractivity contribution in [3.05, 3.63) is 62.5 Å². The fraction of sp³-hybridized carbons (Fsp3) is 0.444. The number of aliphatic imine (C=N–C) groups is 1. The van der Waals surface area contributed by atoms with Crippen LogP contribution in [0.1, 0.15) is 37.4 Å². The van der Waals surface area contributed by atoms with Crippen LogP contribution in [0.15, 0.2) is 46.0 Å². The van der Waals surface area contributed by atoms with E-state index in [1.807, 2.05) is 20.8 Å². The normalized spacial score (nSPS) is 23.3. The fourth-order valence-electron chi connectivity index (χ4n) is 5.54.